The Morgan fingerprint density at radius 3 is 2.00 bits per heavy atom. The van der Waals surface area contributed by atoms with Crippen molar-refractivity contribution < 1.29 is 36.4 Å². The number of fused-ring (bicyclic) bond motifs is 1. The predicted molar refractivity (Wildman–Crippen MR) is 80.5 cm³/mol. The second kappa shape index (κ2) is 6.85. The van der Waals surface area contributed by atoms with Crippen LogP contribution in [0.3, 0.4) is 0 Å². The molecule has 0 radical (unpaired) electrons. The summed E-state index contributed by atoms with van der Waals surface area (Å²) >= 11 is 0. The number of aromatic hydroxyl groups is 2. The minimum absolute atomic E-state index is 0.139. The van der Waals surface area contributed by atoms with Gasteiger partial charge in [0.15, 0.2) is 15.0 Å². The first kappa shape index (κ1) is 19.4. The first-order valence-corrected chi connectivity index (χ1v) is 9.34. The largest absolute Gasteiger partial charge is 0.741 e. The summed E-state index contributed by atoms with van der Waals surface area (Å²) < 4.78 is 58.9. The molecule has 0 saturated carbocycles. The fourth-order valence-electron chi connectivity index (χ4n) is 1.65. The molecule has 2 rings (SSSR count). The van der Waals surface area contributed by atoms with Crippen molar-refractivity contribution in [3.8, 4) is 11.5 Å². The highest BCUT2D eigenvalue weighted by Crippen LogP contribution is 2.32. The fourth-order valence-corrected chi connectivity index (χ4v) is 2.61. The highest BCUT2D eigenvalue weighted by atomic mass is 32.2. The third-order valence-corrected chi connectivity index (χ3v) is 4.46. The normalized spacial score (nSPS) is 12.1. The second-order valence-electron chi connectivity index (χ2n) is 4.53. The Hall–Kier alpha value is -1.65. The van der Waals surface area contributed by atoms with Crippen LogP contribution in [0.5, 0.6) is 11.5 Å². The molecule has 0 heterocycles. The highest BCUT2D eigenvalue weighted by Gasteiger charge is 2.36. The topological polar surface area (TPSA) is 97.7 Å². The van der Waals surface area contributed by atoms with E-state index in [1.54, 1.807) is 18.2 Å². The summed E-state index contributed by atoms with van der Waals surface area (Å²) in [6.45, 7) is 0. The van der Waals surface area contributed by atoms with Gasteiger partial charge in [-0.25, -0.2) is 8.42 Å². The lowest BCUT2D eigenvalue weighted by atomic mass is 10.1. The summed E-state index contributed by atoms with van der Waals surface area (Å²) in [5, 5.41) is 20.8. The Bertz CT molecular complexity index is 801. The monoisotopic (exact) mass is 370 g/mol. The minimum Gasteiger partial charge on any atom is -0.741 e. The van der Waals surface area contributed by atoms with E-state index in [0.717, 1.165) is 5.39 Å². The molecule has 23 heavy (non-hydrogen) atoms. The van der Waals surface area contributed by atoms with Gasteiger partial charge in [-0.3, -0.25) is 0 Å². The first-order valence-electron chi connectivity index (χ1n) is 5.89. The average Bonchev–Trinajstić information content (AvgIpc) is 2.37. The lowest BCUT2D eigenvalue weighted by molar-refractivity contribution is -0.0517. The number of rotatable bonds is 1. The quantitative estimate of drug-likeness (QED) is 0.457. The van der Waals surface area contributed by atoms with Crippen LogP contribution in [0.2, 0.25) is 0 Å². The molecule has 5 nitrogen and oxygen atoms in total. The maximum Gasteiger partial charge on any atom is 0.485 e. The van der Waals surface area contributed by atoms with Crippen molar-refractivity contribution in [2.45, 2.75) is 10.4 Å². The molecule has 0 saturated heterocycles. The van der Waals surface area contributed by atoms with Crippen LogP contribution in [-0.4, -0.2) is 41.2 Å². The van der Waals surface area contributed by atoms with Crippen molar-refractivity contribution in [3.05, 3.63) is 30.3 Å². The summed E-state index contributed by atoms with van der Waals surface area (Å²) in [4.78, 5) is 1.21. The highest BCUT2D eigenvalue weighted by molar-refractivity contribution is 7.95. The van der Waals surface area contributed by atoms with E-state index in [-0.39, 0.29) is 22.4 Å². The molecule has 0 aliphatic rings. The molecule has 0 aliphatic carbocycles. The molecule has 10 heteroatoms. The van der Waals surface area contributed by atoms with E-state index in [1.165, 1.54) is 4.90 Å². The SMILES string of the molecule is C[S+](C)c1ccc(O)c2cc(O)ccc12.O=S(=O)([O-])C(F)(F)F. The zero-order valence-corrected chi connectivity index (χ0v) is 13.6. The average molecular weight is 370 g/mol. The van der Waals surface area contributed by atoms with Crippen LogP contribution >= 0.6 is 0 Å². The van der Waals surface area contributed by atoms with Gasteiger partial charge in [0.05, 0.1) is 0 Å². The molecule has 2 N–H and O–H groups in total. The van der Waals surface area contributed by atoms with Crippen molar-refractivity contribution in [3.63, 3.8) is 0 Å². The summed E-state index contributed by atoms with van der Waals surface area (Å²) in [6, 6.07) is 8.73. The molecule has 0 aliphatic heterocycles. The van der Waals surface area contributed by atoms with Crippen molar-refractivity contribution in [2.75, 3.05) is 12.5 Å². The van der Waals surface area contributed by atoms with E-state index in [9.17, 15) is 23.4 Å². The third-order valence-electron chi connectivity index (χ3n) is 2.66. The van der Waals surface area contributed by atoms with Crippen LogP contribution in [0.25, 0.3) is 10.8 Å². The number of phenolic OH excluding ortho intramolecular Hbond substituents is 2. The van der Waals surface area contributed by atoms with Gasteiger partial charge in [0.1, 0.15) is 24.0 Å². The van der Waals surface area contributed by atoms with Crippen molar-refractivity contribution in [1.29, 1.82) is 0 Å². The number of hydrogen-bond donors (Lipinski definition) is 2. The molecule has 2 aromatic rings. The molecular formula is C13H13F3O5S2. The first-order chi connectivity index (χ1) is 10.3. The van der Waals surface area contributed by atoms with Gasteiger partial charge >= 0.3 is 5.51 Å². The fraction of sp³-hybridized carbons (Fsp3) is 0.231. The Balaban J connectivity index is 0.000000284. The number of alkyl halides is 3. The molecule has 2 aromatic carbocycles. The zero-order valence-electron chi connectivity index (χ0n) is 12.0. The van der Waals surface area contributed by atoms with Crippen LogP contribution in [0.15, 0.2) is 35.2 Å². The minimum atomic E-state index is -6.09. The van der Waals surface area contributed by atoms with Gasteiger partial charge in [-0.05, 0) is 30.3 Å². The molecule has 0 unspecified atom stereocenters. The van der Waals surface area contributed by atoms with Crippen molar-refractivity contribution >= 4 is 31.8 Å². The summed E-state index contributed by atoms with van der Waals surface area (Å²) in [5.41, 5.74) is -5.65. The van der Waals surface area contributed by atoms with Crippen LogP contribution < -0.4 is 0 Å². The molecule has 0 fully saturated rings. The van der Waals surface area contributed by atoms with E-state index in [2.05, 4.69) is 12.5 Å². The van der Waals surface area contributed by atoms with Crippen LogP contribution in [0, 0.1) is 0 Å². The molecular weight excluding hydrogens is 357 g/mol. The van der Waals surface area contributed by atoms with E-state index < -0.39 is 15.6 Å². The number of hydrogen-bond acceptors (Lipinski definition) is 5. The number of halogens is 3. The molecule has 0 atom stereocenters. The smallest absolute Gasteiger partial charge is 0.485 e. The lowest BCUT2D eigenvalue weighted by Gasteiger charge is -2.08. The van der Waals surface area contributed by atoms with Crippen molar-refractivity contribution in [2.24, 2.45) is 0 Å². The van der Waals surface area contributed by atoms with E-state index >= 15 is 0 Å². The predicted octanol–water partition coefficient (Wildman–Crippen LogP) is 2.54. The van der Waals surface area contributed by atoms with Gasteiger partial charge in [0.2, 0.25) is 0 Å². The van der Waals surface area contributed by atoms with E-state index in [4.69, 9.17) is 13.0 Å². The van der Waals surface area contributed by atoms with Gasteiger partial charge in [-0.2, -0.15) is 13.2 Å². The Morgan fingerprint density at radius 1 is 1.04 bits per heavy atom. The second-order valence-corrected chi connectivity index (χ2v) is 7.97. The molecule has 0 spiro atoms. The van der Waals surface area contributed by atoms with Gasteiger partial charge in [0, 0.05) is 21.7 Å². The van der Waals surface area contributed by atoms with Crippen LogP contribution in [-0.2, 0) is 21.0 Å². The number of phenols is 2. The van der Waals surface area contributed by atoms with E-state index in [1.807, 2.05) is 12.1 Å². The molecule has 0 bridgehead atoms. The Kier molecular flexibility index (Phi) is 5.78. The molecule has 128 valence electrons. The Morgan fingerprint density at radius 2 is 1.57 bits per heavy atom. The van der Waals surface area contributed by atoms with Crippen molar-refractivity contribution in [1.82, 2.24) is 0 Å². The standard InChI is InChI=1S/C12H12O2S.CHF3O3S/c1-15(2)12-6-5-11(14)10-7-8(13)3-4-9(10)12;2-1(3,4)8(5,6)7/h3-7H,1-2H3,(H-,13,14);(H,5,6,7). The lowest BCUT2D eigenvalue weighted by Crippen LogP contribution is -2.21. The van der Waals surface area contributed by atoms with Crippen LogP contribution in [0.1, 0.15) is 0 Å². The summed E-state index contributed by atoms with van der Waals surface area (Å²) in [6.07, 6.45) is 4.28. The zero-order chi connectivity index (χ0) is 18.0. The van der Waals surface area contributed by atoms with E-state index in [0.29, 0.717) is 5.39 Å². The molecule has 0 aromatic heterocycles. The maximum absolute atomic E-state index is 10.7. The summed E-state index contributed by atoms with van der Waals surface area (Å²) in [7, 11) is -5.95. The van der Waals surface area contributed by atoms with Gasteiger partial charge in [-0.15, -0.1) is 0 Å². The number of benzene rings is 2. The van der Waals surface area contributed by atoms with Gasteiger partial charge in [0.25, 0.3) is 0 Å². The third kappa shape index (κ3) is 4.91. The van der Waals surface area contributed by atoms with Gasteiger partial charge < -0.3 is 14.8 Å². The summed E-state index contributed by atoms with van der Waals surface area (Å²) in [5.74, 6) is 0.400. The Labute approximate surface area is 133 Å². The van der Waals surface area contributed by atoms with Crippen LogP contribution in [0.4, 0.5) is 13.2 Å². The van der Waals surface area contributed by atoms with Gasteiger partial charge in [-0.1, -0.05) is 0 Å². The molecule has 0 amide bonds. The maximum atomic E-state index is 10.7.